The number of morpholine rings is 1. The second kappa shape index (κ2) is 13.2. The number of aliphatic hydroxyl groups excluding tert-OH is 1. The lowest BCUT2D eigenvalue weighted by Gasteiger charge is -2.47. The van der Waals surface area contributed by atoms with Crippen LogP contribution in [0.1, 0.15) is 60.5 Å². The van der Waals surface area contributed by atoms with Crippen molar-refractivity contribution in [3.8, 4) is 5.75 Å². The van der Waals surface area contributed by atoms with Crippen molar-refractivity contribution < 1.29 is 37.6 Å². The lowest BCUT2D eigenvalue weighted by Crippen LogP contribution is -2.65. The molecule has 0 spiro atoms. The second-order valence-electron chi connectivity index (χ2n) is 11.5. The summed E-state index contributed by atoms with van der Waals surface area (Å²) in [6.07, 6.45) is -1.81. The van der Waals surface area contributed by atoms with Crippen molar-refractivity contribution in [1.82, 2.24) is 4.90 Å². The van der Waals surface area contributed by atoms with Gasteiger partial charge in [0.1, 0.15) is 17.2 Å². The Balaban J connectivity index is 2.22. The monoisotopic (exact) mass is 530 g/mol. The molecule has 0 saturated carbocycles. The topological polar surface area (TPSA) is 103 Å². The van der Waals surface area contributed by atoms with Gasteiger partial charge in [-0.05, 0) is 58.2 Å². The average Bonchev–Trinajstić information content (AvgIpc) is 2.79. The van der Waals surface area contributed by atoms with Crippen molar-refractivity contribution in [3.05, 3.63) is 29.6 Å². The van der Waals surface area contributed by atoms with Crippen LogP contribution in [0, 0.1) is 11.2 Å². The molecule has 37 heavy (non-hydrogen) atoms. The first-order valence-electron chi connectivity index (χ1n) is 12.8. The maximum atomic E-state index is 14.2. The Morgan fingerprint density at radius 1 is 1.27 bits per heavy atom. The van der Waals surface area contributed by atoms with Gasteiger partial charge in [-0.2, -0.15) is 0 Å². The number of hydrogen-bond acceptors (Lipinski definition) is 7. The first kappa shape index (κ1) is 31.2. The van der Waals surface area contributed by atoms with E-state index in [1.807, 2.05) is 6.92 Å². The van der Waals surface area contributed by atoms with Crippen molar-refractivity contribution in [1.29, 1.82) is 0 Å². The Hall–Kier alpha value is -2.01. The van der Waals surface area contributed by atoms with Crippen LogP contribution in [0.25, 0.3) is 0 Å². The van der Waals surface area contributed by atoms with E-state index in [9.17, 15) is 18.7 Å². The number of hydrogen-bond donors (Lipinski definition) is 2. The fraction of sp³-hybridized carbons (Fsp3) is 0.741. The minimum absolute atomic E-state index is 0.0762. The third-order valence-corrected chi connectivity index (χ3v) is 5.93. The number of halogens is 2. The molecule has 3 N–H and O–H groups in total. The standard InChI is InChI=1S/C27H44F2N2O6/c1-8-9-34-20-11-18(10-19(29)13-20)12-21(30)23(32)22-14-35-24(36-16-27(6,7)15-28)17(2)31(22)25(33)37-26(3,4)5/h10-11,13,17,21-24,32H,8-9,12,14-16,30H2,1-7H3/t17-,21-,22+,23-,24-/m0/s1. The van der Waals surface area contributed by atoms with E-state index in [1.54, 1.807) is 47.6 Å². The molecule has 1 aliphatic rings. The maximum absolute atomic E-state index is 14.2. The van der Waals surface area contributed by atoms with E-state index in [0.29, 0.717) is 17.9 Å². The van der Waals surface area contributed by atoms with Crippen molar-refractivity contribution in [2.45, 2.75) is 97.4 Å². The molecule has 5 atom stereocenters. The first-order chi connectivity index (χ1) is 17.2. The van der Waals surface area contributed by atoms with Crippen LogP contribution in [0.5, 0.6) is 5.75 Å². The number of carbonyl (C=O) groups excluding carboxylic acids is 1. The molecule has 212 valence electrons. The Bertz CT molecular complexity index is 879. The highest BCUT2D eigenvalue weighted by Crippen LogP contribution is 2.28. The highest BCUT2D eigenvalue weighted by molar-refractivity contribution is 5.69. The van der Waals surface area contributed by atoms with Crippen molar-refractivity contribution in [2.75, 3.05) is 26.5 Å². The van der Waals surface area contributed by atoms with Crippen LogP contribution in [0.4, 0.5) is 13.6 Å². The SMILES string of the molecule is CCCOc1cc(F)cc(C[C@H](N)[C@H](O)[C@H]2CO[C@@H](OCC(C)(C)CF)[C@H](C)N2C(=O)OC(C)(C)C)c1. The Morgan fingerprint density at radius 3 is 2.54 bits per heavy atom. The Kier molecular flexibility index (Phi) is 11.1. The zero-order valence-corrected chi connectivity index (χ0v) is 23.1. The van der Waals surface area contributed by atoms with E-state index in [-0.39, 0.29) is 19.6 Å². The van der Waals surface area contributed by atoms with Gasteiger partial charge in [0, 0.05) is 17.5 Å². The van der Waals surface area contributed by atoms with Gasteiger partial charge in [0.15, 0.2) is 6.29 Å². The quantitative estimate of drug-likeness (QED) is 0.442. The largest absolute Gasteiger partial charge is 0.493 e. The van der Waals surface area contributed by atoms with Gasteiger partial charge in [-0.3, -0.25) is 9.29 Å². The molecule has 0 bridgehead atoms. The smallest absolute Gasteiger partial charge is 0.411 e. The van der Waals surface area contributed by atoms with E-state index in [4.69, 9.17) is 24.7 Å². The van der Waals surface area contributed by atoms with Crippen LogP contribution in [-0.2, 0) is 20.6 Å². The number of alkyl halides is 1. The molecule has 1 amide bonds. The third kappa shape index (κ3) is 9.35. The zero-order chi connectivity index (χ0) is 28.0. The molecule has 0 aliphatic carbocycles. The molecular formula is C27H44F2N2O6. The minimum Gasteiger partial charge on any atom is -0.493 e. The molecule has 0 aromatic heterocycles. The van der Waals surface area contributed by atoms with Gasteiger partial charge < -0.3 is 29.8 Å². The number of aliphatic hydroxyl groups is 1. The number of rotatable bonds is 11. The van der Waals surface area contributed by atoms with E-state index in [1.165, 1.54) is 17.0 Å². The van der Waals surface area contributed by atoms with Gasteiger partial charge in [-0.1, -0.05) is 20.8 Å². The number of nitrogens with zero attached hydrogens (tertiary/aromatic N) is 1. The first-order valence-corrected chi connectivity index (χ1v) is 12.8. The van der Waals surface area contributed by atoms with Crippen molar-refractivity contribution >= 4 is 6.09 Å². The highest BCUT2D eigenvalue weighted by Gasteiger charge is 2.45. The highest BCUT2D eigenvalue weighted by atomic mass is 19.1. The average molecular weight is 531 g/mol. The van der Waals surface area contributed by atoms with Gasteiger partial charge in [-0.25, -0.2) is 9.18 Å². The molecule has 1 aromatic rings. The summed E-state index contributed by atoms with van der Waals surface area (Å²) in [5.74, 6) is -0.0776. The summed E-state index contributed by atoms with van der Waals surface area (Å²) in [4.78, 5) is 14.6. The molecule has 0 unspecified atom stereocenters. The summed E-state index contributed by atoms with van der Waals surface area (Å²) in [6.45, 7) is 12.2. The molecule has 8 nitrogen and oxygen atoms in total. The molecule has 1 aliphatic heterocycles. The van der Waals surface area contributed by atoms with Crippen LogP contribution in [0.15, 0.2) is 18.2 Å². The lowest BCUT2D eigenvalue weighted by atomic mass is 9.94. The Labute approximate surface area is 219 Å². The van der Waals surface area contributed by atoms with Crippen LogP contribution in [0.3, 0.4) is 0 Å². The molecule has 1 heterocycles. The number of carbonyl (C=O) groups is 1. The van der Waals surface area contributed by atoms with E-state index >= 15 is 0 Å². The predicted molar refractivity (Wildman–Crippen MR) is 137 cm³/mol. The van der Waals surface area contributed by atoms with E-state index in [2.05, 4.69) is 0 Å². The normalized spacial score (nSPS) is 22.5. The van der Waals surface area contributed by atoms with Gasteiger partial charge in [0.05, 0.1) is 44.7 Å². The van der Waals surface area contributed by atoms with Gasteiger partial charge in [0.25, 0.3) is 0 Å². The Morgan fingerprint density at radius 2 is 1.95 bits per heavy atom. The summed E-state index contributed by atoms with van der Waals surface area (Å²) in [5.41, 5.74) is 5.42. The summed E-state index contributed by atoms with van der Waals surface area (Å²) in [7, 11) is 0. The van der Waals surface area contributed by atoms with Crippen LogP contribution in [-0.4, -0.2) is 78.7 Å². The van der Waals surface area contributed by atoms with Crippen LogP contribution >= 0.6 is 0 Å². The van der Waals surface area contributed by atoms with Crippen molar-refractivity contribution in [3.63, 3.8) is 0 Å². The minimum atomic E-state index is -1.22. The molecule has 10 heteroatoms. The summed E-state index contributed by atoms with van der Waals surface area (Å²) < 4.78 is 50.3. The fourth-order valence-electron chi connectivity index (χ4n) is 3.98. The molecule has 2 rings (SSSR count). The third-order valence-electron chi connectivity index (χ3n) is 5.93. The fourth-order valence-corrected chi connectivity index (χ4v) is 3.98. The summed E-state index contributed by atoms with van der Waals surface area (Å²) >= 11 is 0. The predicted octanol–water partition coefficient (Wildman–Crippen LogP) is 4.21. The molecule has 1 fully saturated rings. The molecule has 1 aromatic carbocycles. The zero-order valence-electron chi connectivity index (χ0n) is 23.1. The lowest BCUT2D eigenvalue weighted by molar-refractivity contribution is -0.234. The van der Waals surface area contributed by atoms with Gasteiger partial charge in [-0.15, -0.1) is 0 Å². The molecular weight excluding hydrogens is 486 g/mol. The second-order valence-corrected chi connectivity index (χ2v) is 11.5. The molecule has 1 saturated heterocycles. The van der Waals surface area contributed by atoms with Crippen LogP contribution < -0.4 is 10.5 Å². The number of nitrogens with two attached hydrogens (primary N) is 1. The van der Waals surface area contributed by atoms with Crippen LogP contribution in [0.2, 0.25) is 0 Å². The molecule has 0 radical (unpaired) electrons. The number of ether oxygens (including phenoxy) is 4. The number of benzene rings is 1. The van der Waals surface area contributed by atoms with Crippen molar-refractivity contribution in [2.24, 2.45) is 11.1 Å². The summed E-state index contributed by atoms with van der Waals surface area (Å²) in [6, 6.07) is 1.97. The van der Waals surface area contributed by atoms with E-state index in [0.717, 1.165) is 6.42 Å². The maximum Gasteiger partial charge on any atom is 0.411 e. The van der Waals surface area contributed by atoms with E-state index < -0.39 is 60.1 Å². The summed E-state index contributed by atoms with van der Waals surface area (Å²) in [5, 5.41) is 11.2. The van der Waals surface area contributed by atoms with Gasteiger partial charge >= 0.3 is 6.09 Å². The van der Waals surface area contributed by atoms with Gasteiger partial charge in [0.2, 0.25) is 0 Å². The number of amides is 1.